The van der Waals surface area contributed by atoms with Crippen LogP contribution in [0.2, 0.25) is 0 Å². The number of rotatable bonds is 6. The molecule has 0 unspecified atom stereocenters. The van der Waals surface area contributed by atoms with Crippen LogP contribution in [0.3, 0.4) is 0 Å². The molecule has 0 N–H and O–H groups in total. The van der Waals surface area contributed by atoms with Crippen molar-refractivity contribution in [2.75, 3.05) is 11.9 Å². The molecule has 1 aromatic heterocycles. The van der Waals surface area contributed by atoms with Crippen molar-refractivity contribution in [2.45, 2.75) is 39.7 Å². The van der Waals surface area contributed by atoms with Crippen molar-refractivity contribution in [3.63, 3.8) is 0 Å². The fourth-order valence-electron chi connectivity index (χ4n) is 2.81. The Balaban J connectivity index is 1.68. The molecule has 0 saturated heterocycles. The van der Waals surface area contributed by atoms with Gasteiger partial charge in [-0.3, -0.25) is 14.5 Å². The molecule has 0 bridgehead atoms. The van der Waals surface area contributed by atoms with Crippen molar-refractivity contribution < 1.29 is 19.1 Å². The number of hydrogen-bond acceptors (Lipinski definition) is 7. The zero-order valence-electron chi connectivity index (χ0n) is 16.5. The third kappa shape index (κ3) is 4.86. The van der Waals surface area contributed by atoms with E-state index in [1.54, 1.807) is 5.38 Å². The van der Waals surface area contributed by atoms with Crippen LogP contribution in [0.25, 0.3) is 0 Å². The van der Waals surface area contributed by atoms with E-state index >= 15 is 0 Å². The summed E-state index contributed by atoms with van der Waals surface area (Å²) in [5, 5.41) is 7.34. The monoisotopic (exact) mass is 414 g/mol. The van der Waals surface area contributed by atoms with Gasteiger partial charge in [-0.05, 0) is 24.1 Å². The molecule has 152 valence electrons. The van der Waals surface area contributed by atoms with E-state index in [-0.39, 0.29) is 37.0 Å². The molecule has 3 rings (SSSR count). The van der Waals surface area contributed by atoms with Gasteiger partial charge in [0.05, 0.1) is 11.4 Å². The summed E-state index contributed by atoms with van der Waals surface area (Å²) in [6.45, 7) is 3.52. The molecule has 1 aliphatic rings. The van der Waals surface area contributed by atoms with Crippen molar-refractivity contribution in [3.8, 4) is 0 Å². The largest absolute Gasteiger partial charge is 0.455 e. The molecular formula is C20H22N4O4S. The Morgan fingerprint density at radius 1 is 1.24 bits per heavy atom. The first-order valence-corrected chi connectivity index (χ1v) is 10.1. The minimum Gasteiger partial charge on any atom is -0.455 e. The predicted molar refractivity (Wildman–Crippen MR) is 110 cm³/mol. The number of aromatic nitrogens is 1. The van der Waals surface area contributed by atoms with Crippen molar-refractivity contribution in [1.82, 2.24) is 9.99 Å². The van der Waals surface area contributed by atoms with Crippen LogP contribution >= 0.6 is 11.3 Å². The smallest absolute Gasteiger partial charge is 0.354 e. The summed E-state index contributed by atoms with van der Waals surface area (Å²) in [7, 11) is 1.50. The molecule has 8 nitrogen and oxygen atoms in total. The molecule has 0 atom stereocenters. The van der Waals surface area contributed by atoms with E-state index in [9.17, 15) is 14.4 Å². The van der Waals surface area contributed by atoms with E-state index in [4.69, 9.17) is 4.74 Å². The number of hydrogen-bond donors (Lipinski definition) is 0. The van der Waals surface area contributed by atoms with Crippen molar-refractivity contribution >= 4 is 45.7 Å². The van der Waals surface area contributed by atoms with Gasteiger partial charge in [-0.1, -0.05) is 19.1 Å². The van der Waals surface area contributed by atoms with Crippen LogP contribution < -0.4 is 4.90 Å². The number of hydrazone groups is 1. The molecule has 0 radical (unpaired) electrons. The second-order valence-corrected chi connectivity index (χ2v) is 7.37. The number of thiazole rings is 1. The van der Waals surface area contributed by atoms with Crippen LogP contribution in [0.5, 0.6) is 0 Å². The lowest BCUT2D eigenvalue weighted by Gasteiger charge is -2.18. The van der Waals surface area contributed by atoms with E-state index in [1.807, 2.05) is 24.3 Å². The van der Waals surface area contributed by atoms with Crippen LogP contribution in [0, 0.1) is 0 Å². The highest BCUT2D eigenvalue weighted by molar-refractivity contribution is 7.14. The highest BCUT2D eigenvalue weighted by Gasteiger charge is 2.24. The number of carbonyl (C=O) groups excluding carboxylic acids is 3. The molecule has 9 heteroatoms. The second kappa shape index (κ2) is 8.95. The summed E-state index contributed by atoms with van der Waals surface area (Å²) >= 11 is 1.30. The topological polar surface area (TPSA) is 92.2 Å². The number of esters is 1. The summed E-state index contributed by atoms with van der Waals surface area (Å²) in [4.78, 5) is 41.8. The molecule has 0 fully saturated rings. The molecule has 2 heterocycles. The summed E-state index contributed by atoms with van der Waals surface area (Å²) in [6, 6.07) is 7.74. The molecule has 2 aromatic rings. The quantitative estimate of drug-likeness (QED) is 0.678. The lowest BCUT2D eigenvalue weighted by Crippen LogP contribution is -2.32. The number of benzene rings is 1. The summed E-state index contributed by atoms with van der Waals surface area (Å²) in [6.07, 6.45) is 1.41. The fourth-order valence-corrected chi connectivity index (χ4v) is 3.68. The number of anilines is 2. The van der Waals surface area contributed by atoms with Crippen LogP contribution in [0.1, 0.15) is 37.9 Å². The highest BCUT2D eigenvalue weighted by atomic mass is 32.1. The Labute approximate surface area is 172 Å². The van der Waals surface area contributed by atoms with E-state index in [1.165, 1.54) is 35.8 Å². The lowest BCUT2D eigenvalue weighted by molar-refractivity contribution is -0.137. The van der Waals surface area contributed by atoms with E-state index in [2.05, 4.69) is 17.0 Å². The zero-order chi connectivity index (χ0) is 21.0. The number of ether oxygens (including phenoxy) is 1. The maximum Gasteiger partial charge on any atom is 0.354 e. The van der Waals surface area contributed by atoms with Crippen molar-refractivity contribution in [3.05, 3.63) is 40.9 Å². The Morgan fingerprint density at radius 3 is 2.59 bits per heavy atom. The summed E-state index contributed by atoms with van der Waals surface area (Å²) in [5.41, 5.74) is 2.67. The Kier molecular flexibility index (Phi) is 6.38. The first kappa shape index (κ1) is 20.7. The van der Waals surface area contributed by atoms with Gasteiger partial charge in [0.15, 0.2) is 5.13 Å². The summed E-state index contributed by atoms with van der Waals surface area (Å²) in [5.74, 6) is -0.865. The molecule has 1 aliphatic heterocycles. The van der Waals surface area contributed by atoms with Crippen molar-refractivity contribution in [2.24, 2.45) is 5.10 Å². The molecular weight excluding hydrogens is 392 g/mol. The molecule has 0 spiro atoms. The maximum atomic E-state index is 12.2. The minimum absolute atomic E-state index is 0.0352. The normalized spacial score (nSPS) is 13.8. The maximum absolute atomic E-state index is 12.2. The molecule has 0 saturated carbocycles. The van der Waals surface area contributed by atoms with Crippen LogP contribution in [-0.2, 0) is 32.1 Å². The van der Waals surface area contributed by atoms with Gasteiger partial charge in [-0.25, -0.2) is 14.8 Å². The van der Waals surface area contributed by atoms with Gasteiger partial charge >= 0.3 is 5.97 Å². The highest BCUT2D eigenvalue weighted by Crippen LogP contribution is 2.29. The van der Waals surface area contributed by atoms with Gasteiger partial charge in [-0.2, -0.15) is 5.10 Å². The molecule has 1 aromatic carbocycles. The molecule has 29 heavy (non-hydrogen) atoms. The number of carbonyl (C=O) groups is 3. The van der Waals surface area contributed by atoms with Gasteiger partial charge in [0.25, 0.3) is 0 Å². The number of nitrogens with zero attached hydrogens (tertiary/aromatic N) is 4. The Hall–Kier alpha value is -3.07. The third-order valence-corrected chi connectivity index (χ3v) is 5.32. The lowest BCUT2D eigenvalue weighted by atomic mass is 10.1. The van der Waals surface area contributed by atoms with Gasteiger partial charge in [0.2, 0.25) is 11.8 Å². The van der Waals surface area contributed by atoms with Gasteiger partial charge < -0.3 is 4.74 Å². The van der Waals surface area contributed by atoms with E-state index in [0.29, 0.717) is 10.8 Å². The first-order chi connectivity index (χ1) is 13.9. The standard InChI is InChI=1S/C20H22N4O4S/c1-4-14-5-7-16(8-6-14)24(13(2)25)20-21-15(12-29-20)11-28-19(27)17-9-10-18(26)23(3)22-17/h5-8,12H,4,9-11H2,1-3H3. The molecule has 2 amide bonds. The minimum atomic E-state index is -0.572. The van der Waals surface area contributed by atoms with Crippen LogP contribution in [0.4, 0.5) is 10.8 Å². The summed E-state index contributed by atoms with van der Waals surface area (Å²) < 4.78 is 5.27. The second-order valence-electron chi connectivity index (χ2n) is 6.54. The number of amides is 2. The zero-order valence-corrected chi connectivity index (χ0v) is 17.4. The Bertz CT molecular complexity index is 952. The molecule has 0 aliphatic carbocycles. The van der Waals surface area contributed by atoms with Crippen LogP contribution in [-0.4, -0.2) is 40.5 Å². The van der Waals surface area contributed by atoms with Gasteiger partial charge in [-0.15, -0.1) is 11.3 Å². The average Bonchev–Trinajstić information content (AvgIpc) is 3.17. The first-order valence-electron chi connectivity index (χ1n) is 9.24. The van der Waals surface area contributed by atoms with E-state index in [0.717, 1.165) is 17.1 Å². The van der Waals surface area contributed by atoms with Gasteiger partial charge in [0, 0.05) is 32.2 Å². The van der Waals surface area contributed by atoms with Gasteiger partial charge in [0.1, 0.15) is 12.3 Å². The Morgan fingerprint density at radius 2 is 1.97 bits per heavy atom. The van der Waals surface area contributed by atoms with Crippen molar-refractivity contribution in [1.29, 1.82) is 0 Å². The fraction of sp³-hybridized carbons (Fsp3) is 0.350. The number of aryl methyl sites for hydroxylation is 1. The average molecular weight is 414 g/mol. The third-order valence-electron chi connectivity index (χ3n) is 4.44. The van der Waals surface area contributed by atoms with Crippen LogP contribution in [0.15, 0.2) is 34.7 Å². The van der Waals surface area contributed by atoms with E-state index < -0.39 is 5.97 Å². The predicted octanol–water partition coefficient (Wildman–Crippen LogP) is 3.04. The SMILES string of the molecule is CCc1ccc(N(C(C)=O)c2nc(COC(=O)C3=NN(C)C(=O)CC3)cs2)cc1.